The van der Waals surface area contributed by atoms with E-state index in [1.165, 1.54) is 6.07 Å². The van der Waals surface area contributed by atoms with Gasteiger partial charge in [0.25, 0.3) is 0 Å². The van der Waals surface area contributed by atoms with Crippen molar-refractivity contribution in [3.8, 4) is 5.69 Å². The average molecular weight is 303 g/mol. The van der Waals surface area contributed by atoms with Crippen LogP contribution in [0.5, 0.6) is 0 Å². The largest absolute Gasteiger partial charge is 0.379 e. The van der Waals surface area contributed by atoms with Crippen LogP contribution >= 0.6 is 11.6 Å². The number of benzene rings is 2. The third-order valence-corrected chi connectivity index (χ3v) is 3.37. The lowest BCUT2D eigenvalue weighted by Crippen LogP contribution is -2.06. The highest BCUT2D eigenvalue weighted by Gasteiger charge is 2.08. The monoisotopic (exact) mass is 302 g/mol. The quantitative estimate of drug-likeness (QED) is 0.799. The first-order valence-corrected chi connectivity index (χ1v) is 6.76. The van der Waals surface area contributed by atoms with Gasteiger partial charge in [-0.15, -0.1) is 5.10 Å². The standard InChI is InChI=1S/C15H12ClFN4/c16-12-5-3-4-11(15(12)17)10-18-13-6-1-2-7-14(13)21-9-8-19-20-21/h1-9,18H,10H2. The van der Waals surface area contributed by atoms with Crippen molar-refractivity contribution in [2.75, 3.05) is 5.32 Å². The van der Waals surface area contributed by atoms with Gasteiger partial charge in [0.15, 0.2) is 0 Å². The van der Waals surface area contributed by atoms with E-state index >= 15 is 0 Å². The van der Waals surface area contributed by atoms with Crippen LogP contribution in [0.25, 0.3) is 5.69 Å². The molecule has 106 valence electrons. The number of anilines is 1. The van der Waals surface area contributed by atoms with E-state index in [4.69, 9.17) is 11.6 Å². The molecule has 0 atom stereocenters. The predicted octanol–water partition coefficient (Wildman–Crippen LogP) is 3.67. The van der Waals surface area contributed by atoms with E-state index in [0.717, 1.165) is 11.4 Å². The summed E-state index contributed by atoms with van der Waals surface area (Å²) in [5, 5.41) is 11.1. The molecular weight excluding hydrogens is 291 g/mol. The molecule has 0 fully saturated rings. The van der Waals surface area contributed by atoms with E-state index in [1.54, 1.807) is 29.2 Å². The van der Waals surface area contributed by atoms with Crippen LogP contribution in [0.2, 0.25) is 5.02 Å². The lowest BCUT2D eigenvalue weighted by atomic mass is 10.2. The van der Waals surface area contributed by atoms with E-state index in [1.807, 2.05) is 24.3 Å². The summed E-state index contributed by atoms with van der Waals surface area (Å²) in [5.41, 5.74) is 2.19. The van der Waals surface area contributed by atoms with Crippen molar-refractivity contribution in [1.29, 1.82) is 0 Å². The van der Waals surface area contributed by atoms with Crippen LogP contribution in [-0.4, -0.2) is 15.0 Å². The molecule has 1 aromatic heterocycles. The summed E-state index contributed by atoms with van der Waals surface area (Å²) in [6.45, 7) is 0.331. The highest BCUT2D eigenvalue weighted by Crippen LogP contribution is 2.22. The molecule has 0 bridgehead atoms. The molecule has 1 heterocycles. The first-order valence-electron chi connectivity index (χ1n) is 6.38. The van der Waals surface area contributed by atoms with Crippen molar-refractivity contribution in [2.24, 2.45) is 0 Å². The Hall–Kier alpha value is -2.40. The molecule has 0 spiro atoms. The second kappa shape index (κ2) is 5.93. The first-order chi connectivity index (χ1) is 10.3. The van der Waals surface area contributed by atoms with Crippen molar-refractivity contribution < 1.29 is 4.39 Å². The number of para-hydroxylation sites is 2. The fourth-order valence-corrected chi connectivity index (χ4v) is 2.23. The molecule has 0 amide bonds. The van der Waals surface area contributed by atoms with E-state index < -0.39 is 5.82 Å². The molecule has 1 N–H and O–H groups in total. The van der Waals surface area contributed by atoms with Crippen LogP contribution in [0.4, 0.5) is 10.1 Å². The molecule has 21 heavy (non-hydrogen) atoms. The molecule has 4 nitrogen and oxygen atoms in total. The zero-order chi connectivity index (χ0) is 14.7. The SMILES string of the molecule is Fc1c(Cl)cccc1CNc1ccccc1-n1ccnn1. The second-order valence-electron chi connectivity index (χ2n) is 4.43. The van der Waals surface area contributed by atoms with Crippen LogP contribution < -0.4 is 5.32 Å². The number of aromatic nitrogens is 3. The highest BCUT2D eigenvalue weighted by atomic mass is 35.5. The molecule has 0 saturated carbocycles. The second-order valence-corrected chi connectivity index (χ2v) is 4.84. The van der Waals surface area contributed by atoms with Crippen LogP contribution in [0.3, 0.4) is 0 Å². The Morgan fingerprint density at radius 2 is 2.00 bits per heavy atom. The summed E-state index contributed by atoms with van der Waals surface area (Å²) in [4.78, 5) is 0. The van der Waals surface area contributed by atoms with Gasteiger partial charge in [0.1, 0.15) is 5.82 Å². The average Bonchev–Trinajstić information content (AvgIpc) is 3.03. The molecule has 3 aromatic rings. The minimum Gasteiger partial charge on any atom is -0.379 e. The third kappa shape index (κ3) is 2.87. The highest BCUT2D eigenvalue weighted by molar-refractivity contribution is 6.30. The maximum absolute atomic E-state index is 13.9. The molecule has 0 aliphatic carbocycles. The topological polar surface area (TPSA) is 42.7 Å². The Labute approximate surface area is 126 Å². The zero-order valence-electron chi connectivity index (χ0n) is 11.0. The maximum atomic E-state index is 13.9. The van der Waals surface area contributed by atoms with Crippen molar-refractivity contribution in [3.05, 3.63) is 71.3 Å². The zero-order valence-corrected chi connectivity index (χ0v) is 11.8. The fraction of sp³-hybridized carbons (Fsp3) is 0.0667. The van der Waals surface area contributed by atoms with Crippen molar-refractivity contribution >= 4 is 17.3 Å². The van der Waals surface area contributed by atoms with E-state index in [-0.39, 0.29) is 5.02 Å². The van der Waals surface area contributed by atoms with Gasteiger partial charge in [-0.3, -0.25) is 0 Å². The molecule has 0 unspecified atom stereocenters. The van der Waals surface area contributed by atoms with Gasteiger partial charge in [-0.2, -0.15) is 0 Å². The maximum Gasteiger partial charge on any atom is 0.146 e. The molecule has 2 aromatic carbocycles. The summed E-state index contributed by atoms with van der Waals surface area (Å²) in [6, 6.07) is 12.6. The summed E-state index contributed by atoms with van der Waals surface area (Å²) in [5.74, 6) is -0.398. The first kappa shape index (κ1) is 13.6. The van der Waals surface area contributed by atoms with Crippen molar-refractivity contribution in [1.82, 2.24) is 15.0 Å². The number of nitrogens with one attached hydrogen (secondary N) is 1. The van der Waals surface area contributed by atoms with Crippen LogP contribution in [-0.2, 0) is 6.54 Å². The van der Waals surface area contributed by atoms with Gasteiger partial charge in [0.05, 0.1) is 28.8 Å². The van der Waals surface area contributed by atoms with Crippen LogP contribution in [0.15, 0.2) is 54.9 Å². The normalized spacial score (nSPS) is 10.6. The van der Waals surface area contributed by atoms with Gasteiger partial charge in [-0.05, 0) is 18.2 Å². The third-order valence-electron chi connectivity index (χ3n) is 3.07. The van der Waals surface area contributed by atoms with E-state index in [2.05, 4.69) is 15.6 Å². The number of hydrogen-bond donors (Lipinski definition) is 1. The summed E-state index contributed by atoms with van der Waals surface area (Å²) >= 11 is 5.78. The van der Waals surface area contributed by atoms with Gasteiger partial charge in [-0.1, -0.05) is 41.1 Å². The fourth-order valence-electron chi connectivity index (χ4n) is 2.04. The lowest BCUT2D eigenvalue weighted by Gasteiger charge is -2.12. The molecular formula is C15H12ClFN4. The number of halogens is 2. The molecule has 0 saturated heterocycles. The molecule has 0 radical (unpaired) electrons. The Kier molecular flexibility index (Phi) is 3.83. The number of hydrogen-bond acceptors (Lipinski definition) is 3. The van der Waals surface area contributed by atoms with Gasteiger partial charge >= 0.3 is 0 Å². The minimum absolute atomic E-state index is 0.124. The summed E-state index contributed by atoms with van der Waals surface area (Å²) in [6.07, 6.45) is 3.36. The molecule has 6 heteroatoms. The van der Waals surface area contributed by atoms with Crippen LogP contribution in [0, 0.1) is 5.82 Å². The van der Waals surface area contributed by atoms with Crippen molar-refractivity contribution in [3.63, 3.8) is 0 Å². The minimum atomic E-state index is -0.398. The Morgan fingerprint density at radius 3 is 2.81 bits per heavy atom. The molecule has 0 aliphatic rings. The van der Waals surface area contributed by atoms with E-state index in [9.17, 15) is 4.39 Å². The van der Waals surface area contributed by atoms with Crippen molar-refractivity contribution in [2.45, 2.75) is 6.54 Å². The van der Waals surface area contributed by atoms with Gasteiger partial charge in [0, 0.05) is 12.1 Å². The number of rotatable bonds is 4. The molecule has 3 rings (SSSR count). The Bertz CT molecular complexity index is 743. The van der Waals surface area contributed by atoms with Gasteiger partial charge in [0.2, 0.25) is 0 Å². The summed E-state index contributed by atoms with van der Waals surface area (Å²) < 4.78 is 15.5. The van der Waals surface area contributed by atoms with Crippen LogP contribution in [0.1, 0.15) is 5.56 Å². The number of nitrogens with zero attached hydrogens (tertiary/aromatic N) is 3. The Balaban J connectivity index is 1.85. The predicted molar refractivity (Wildman–Crippen MR) is 80.1 cm³/mol. The lowest BCUT2D eigenvalue weighted by molar-refractivity contribution is 0.613. The Morgan fingerprint density at radius 1 is 1.14 bits per heavy atom. The summed E-state index contributed by atoms with van der Waals surface area (Å²) in [7, 11) is 0. The molecule has 0 aliphatic heterocycles. The van der Waals surface area contributed by atoms with Gasteiger partial charge < -0.3 is 5.32 Å². The van der Waals surface area contributed by atoms with E-state index in [0.29, 0.717) is 12.1 Å². The smallest absolute Gasteiger partial charge is 0.146 e. The van der Waals surface area contributed by atoms with Gasteiger partial charge in [-0.25, -0.2) is 9.07 Å².